The molecule has 0 N–H and O–H groups in total. The van der Waals surface area contributed by atoms with Gasteiger partial charge >= 0.3 is 0 Å². The Bertz CT molecular complexity index is 1730. The topological polar surface area (TPSA) is 150 Å². The molecule has 0 spiro atoms. The van der Waals surface area contributed by atoms with Crippen LogP contribution in [0.15, 0.2) is 91.6 Å². The van der Waals surface area contributed by atoms with Crippen LogP contribution in [0.3, 0.4) is 0 Å². The first kappa shape index (κ1) is 42.1. The van der Waals surface area contributed by atoms with E-state index in [0.717, 1.165) is 33.8 Å². The van der Waals surface area contributed by atoms with E-state index in [1.165, 1.54) is 13.8 Å². The molecule has 10 heteroatoms. The number of ketones is 5. The molecule has 0 radical (unpaired) electrons. The number of carbonyl (C=O) groups excluding carboxylic acids is 5. The Morgan fingerprint density at radius 3 is 1.54 bits per heavy atom. The number of aromatic nitrogens is 5. The van der Waals surface area contributed by atoms with Gasteiger partial charge in [0.1, 0.15) is 11.4 Å². The van der Waals surface area contributed by atoms with Crippen molar-refractivity contribution in [1.29, 1.82) is 0 Å². The molecule has 0 atom stereocenters. The Morgan fingerprint density at radius 2 is 1.14 bits per heavy atom. The highest BCUT2D eigenvalue weighted by Crippen LogP contribution is 2.05. The first-order valence-corrected chi connectivity index (χ1v) is 15.7. The maximum Gasteiger partial charge on any atom is 0.178 e. The SMILES string of the molecule is CC(=O)c1cc(C)ccn1.CC(=O)c1cccc(C)n1.CC(=O)c1cccnc1C.CC(=O)c1ccnc(C)c1.CC(=O)c1cnccc1C. The lowest BCUT2D eigenvalue weighted by atomic mass is 10.1. The second kappa shape index (κ2) is 21.9. The molecule has 0 unspecified atom stereocenters. The number of aryl methyl sites for hydroxylation is 5. The molecule has 5 heterocycles. The van der Waals surface area contributed by atoms with Gasteiger partial charge in [0, 0.05) is 78.6 Å². The van der Waals surface area contributed by atoms with Gasteiger partial charge in [-0.05, 0) is 121 Å². The monoisotopic (exact) mass is 675 g/mol. The molecule has 50 heavy (non-hydrogen) atoms. The van der Waals surface area contributed by atoms with E-state index in [1.807, 2.05) is 58.9 Å². The minimum Gasteiger partial charge on any atom is -0.295 e. The average Bonchev–Trinajstić information content (AvgIpc) is 3.06. The Kier molecular flexibility index (Phi) is 18.4. The van der Waals surface area contributed by atoms with E-state index in [0.29, 0.717) is 22.5 Å². The standard InChI is InChI=1S/5C8H9NO/c1-6-5-8(7(2)10)3-4-9-6;1-6-3-4-9-5-8(6)7(2)10;1-6-3-4-9-8(5-6)7(2)10;1-6-8(7(2)10)4-3-5-9-6;1-6-4-3-5-8(9-6)7(2)10/h5*3-5H,1-2H3. The van der Waals surface area contributed by atoms with Gasteiger partial charge in [-0.2, -0.15) is 0 Å². The molecule has 0 aliphatic rings. The van der Waals surface area contributed by atoms with E-state index < -0.39 is 0 Å². The zero-order valence-corrected chi connectivity index (χ0v) is 30.4. The molecule has 260 valence electrons. The highest BCUT2D eigenvalue weighted by Gasteiger charge is 2.02. The Balaban J connectivity index is 0.000000312. The maximum atomic E-state index is 10.8. The fourth-order valence-electron chi connectivity index (χ4n) is 3.92. The van der Waals surface area contributed by atoms with Crippen LogP contribution in [0, 0.1) is 34.6 Å². The fourth-order valence-corrected chi connectivity index (χ4v) is 3.92. The Morgan fingerprint density at radius 1 is 0.500 bits per heavy atom. The molecule has 0 fully saturated rings. The summed E-state index contributed by atoms with van der Waals surface area (Å²) >= 11 is 0. The third-order valence-electron chi connectivity index (χ3n) is 6.63. The van der Waals surface area contributed by atoms with Crippen LogP contribution in [-0.2, 0) is 0 Å². The van der Waals surface area contributed by atoms with Gasteiger partial charge in [-0.15, -0.1) is 0 Å². The molecule has 0 saturated heterocycles. The van der Waals surface area contributed by atoms with Crippen LogP contribution < -0.4 is 0 Å². The summed E-state index contributed by atoms with van der Waals surface area (Å²) in [6.45, 7) is 17.1. The number of pyridine rings is 5. The van der Waals surface area contributed by atoms with Gasteiger partial charge in [0.2, 0.25) is 0 Å². The average molecular weight is 676 g/mol. The summed E-state index contributed by atoms with van der Waals surface area (Å²) in [6.07, 6.45) is 8.25. The molecule has 5 rings (SSSR count). The van der Waals surface area contributed by atoms with Gasteiger partial charge < -0.3 is 0 Å². The fraction of sp³-hybridized carbons (Fsp3) is 0.250. The number of carbonyl (C=O) groups is 5. The van der Waals surface area contributed by atoms with Gasteiger partial charge in [-0.1, -0.05) is 6.07 Å². The van der Waals surface area contributed by atoms with Crippen LogP contribution in [0.5, 0.6) is 0 Å². The van der Waals surface area contributed by atoms with Gasteiger partial charge in [0.05, 0.1) is 0 Å². The highest BCUT2D eigenvalue weighted by molar-refractivity contribution is 5.96. The minimum absolute atomic E-state index is 0.0173. The van der Waals surface area contributed by atoms with Crippen molar-refractivity contribution in [2.45, 2.75) is 69.2 Å². The number of hydrogen-bond donors (Lipinski definition) is 0. The van der Waals surface area contributed by atoms with Crippen LogP contribution in [0.1, 0.15) is 115 Å². The van der Waals surface area contributed by atoms with Crippen molar-refractivity contribution in [2.24, 2.45) is 0 Å². The maximum absolute atomic E-state index is 10.8. The lowest BCUT2D eigenvalue weighted by Gasteiger charge is -1.96. The molecule has 0 amide bonds. The van der Waals surface area contributed by atoms with E-state index in [-0.39, 0.29) is 28.9 Å². The second-order valence-corrected chi connectivity index (χ2v) is 11.2. The lowest BCUT2D eigenvalue weighted by molar-refractivity contribution is 0.100. The molecule has 0 aromatic carbocycles. The second-order valence-electron chi connectivity index (χ2n) is 11.2. The molecule has 10 nitrogen and oxygen atoms in total. The van der Waals surface area contributed by atoms with E-state index >= 15 is 0 Å². The smallest absolute Gasteiger partial charge is 0.178 e. The number of Topliss-reactive ketones (excluding diaryl/α,β-unsaturated/α-hetero) is 5. The molecule has 0 aliphatic heterocycles. The molecule has 0 saturated carbocycles. The summed E-state index contributed by atoms with van der Waals surface area (Å²) in [6, 6.07) is 17.9. The lowest BCUT2D eigenvalue weighted by Crippen LogP contribution is -1.96. The summed E-state index contributed by atoms with van der Waals surface area (Å²) in [5.41, 5.74) is 7.86. The molecular formula is C40H45N5O5. The quantitative estimate of drug-likeness (QED) is 0.168. The zero-order valence-electron chi connectivity index (χ0n) is 30.4. The third kappa shape index (κ3) is 16.3. The summed E-state index contributed by atoms with van der Waals surface area (Å²) < 4.78 is 0. The van der Waals surface area contributed by atoms with Crippen LogP contribution in [0.4, 0.5) is 0 Å². The molecule has 5 aromatic heterocycles. The van der Waals surface area contributed by atoms with Crippen LogP contribution >= 0.6 is 0 Å². The van der Waals surface area contributed by atoms with Crippen molar-refractivity contribution in [1.82, 2.24) is 24.9 Å². The predicted octanol–water partition coefficient (Wildman–Crippen LogP) is 7.96. The number of rotatable bonds is 5. The van der Waals surface area contributed by atoms with Crippen molar-refractivity contribution < 1.29 is 24.0 Å². The van der Waals surface area contributed by atoms with E-state index in [1.54, 1.807) is 88.2 Å². The van der Waals surface area contributed by atoms with E-state index in [4.69, 9.17) is 0 Å². The van der Waals surface area contributed by atoms with Crippen molar-refractivity contribution in [3.8, 4) is 0 Å². The summed E-state index contributed by atoms with van der Waals surface area (Å²) in [5.74, 6) is 0.272. The van der Waals surface area contributed by atoms with Gasteiger partial charge in [-0.3, -0.25) is 48.9 Å². The van der Waals surface area contributed by atoms with Crippen LogP contribution in [0.2, 0.25) is 0 Å². The zero-order chi connectivity index (χ0) is 37.8. The van der Waals surface area contributed by atoms with Crippen molar-refractivity contribution >= 4 is 28.9 Å². The molecule has 5 aromatic rings. The molecule has 0 bridgehead atoms. The van der Waals surface area contributed by atoms with E-state index in [9.17, 15) is 24.0 Å². The van der Waals surface area contributed by atoms with Crippen molar-refractivity contribution in [2.75, 3.05) is 0 Å². The highest BCUT2D eigenvalue weighted by atomic mass is 16.1. The summed E-state index contributed by atoms with van der Waals surface area (Å²) in [4.78, 5) is 73.6. The van der Waals surface area contributed by atoms with Gasteiger partial charge in [-0.25, -0.2) is 0 Å². The van der Waals surface area contributed by atoms with Gasteiger partial charge in [0.25, 0.3) is 0 Å². The minimum atomic E-state index is 0.0173. The van der Waals surface area contributed by atoms with Gasteiger partial charge in [0.15, 0.2) is 28.9 Å². The van der Waals surface area contributed by atoms with Crippen LogP contribution in [0.25, 0.3) is 0 Å². The third-order valence-corrected chi connectivity index (χ3v) is 6.63. The largest absolute Gasteiger partial charge is 0.295 e. The molecule has 0 aliphatic carbocycles. The van der Waals surface area contributed by atoms with E-state index in [2.05, 4.69) is 24.9 Å². The van der Waals surface area contributed by atoms with Crippen LogP contribution in [-0.4, -0.2) is 53.8 Å². The summed E-state index contributed by atoms with van der Waals surface area (Å²) in [5, 5.41) is 0. The summed E-state index contributed by atoms with van der Waals surface area (Å²) in [7, 11) is 0. The first-order valence-electron chi connectivity index (χ1n) is 15.7. The Labute approximate surface area is 294 Å². The first-order chi connectivity index (χ1) is 23.5. The molecular weight excluding hydrogens is 630 g/mol. The van der Waals surface area contributed by atoms with Crippen molar-refractivity contribution in [3.63, 3.8) is 0 Å². The predicted molar refractivity (Wildman–Crippen MR) is 195 cm³/mol. The number of hydrogen-bond acceptors (Lipinski definition) is 10. The number of nitrogens with zero attached hydrogens (tertiary/aromatic N) is 5. The normalized spacial score (nSPS) is 9.40. The Hall–Kier alpha value is -5.90. The van der Waals surface area contributed by atoms with Crippen molar-refractivity contribution in [3.05, 3.63) is 148 Å².